The first kappa shape index (κ1) is 21.9. The van der Waals surface area contributed by atoms with Gasteiger partial charge in [-0.2, -0.15) is 0 Å². The minimum absolute atomic E-state index is 0.0251. The number of carbonyl (C=O) groups excluding carboxylic acids is 2. The SMILES string of the molecule is COc1ccc(C(C)(C)C)cc1NC(=O)[C@@H]1CC(=O)N(c2ccc(C(C)C)cc2)C1. The minimum Gasteiger partial charge on any atom is -0.495 e. The molecule has 0 spiro atoms. The average molecular weight is 409 g/mol. The number of benzene rings is 2. The summed E-state index contributed by atoms with van der Waals surface area (Å²) in [5, 5.41) is 2.99. The molecular formula is C25H32N2O3. The second-order valence-corrected chi connectivity index (χ2v) is 9.31. The molecule has 2 amide bonds. The Morgan fingerprint density at radius 1 is 1.13 bits per heavy atom. The molecule has 1 saturated heterocycles. The molecule has 5 heteroatoms. The topological polar surface area (TPSA) is 58.6 Å². The zero-order valence-electron chi connectivity index (χ0n) is 18.8. The molecule has 0 saturated carbocycles. The van der Waals surface area contributed by atoms with Crippen LogP contribution in [0.25, 0.3) is 0 Å². The van der Waals surface area contributed by atoms with Crippen LogP contribution in [0.15, 0.2) is 42.5 Å². The van der Waals surface area contributed by atoms with Crippen molar-refractivity contribution < 1.29 is 14.3 Å². The molecule has 0 aromatic heterocycles. The van der Waals surface area contributed by atoms with E-state index in [0.717, 1.165) is 11.3 Å². The summed E-state index contributed by atoms with van der Waals surface area (Å²) in [6.45, 7) is 11.0. The number of carbonyl (C=O) groups is 2. The van der Waals surface area contributed by atoms with Crippen LogP contribution in [-0.2, 0) is 15.0 Å². The van der Waals surface area contributed by atoms with E-state index in [0.29, 0.717) is 23.9 Å². The third-order valence-corrected chi connectivity index (χ3v) is 5.69. The second kappa shape index (κ2) is 8.50. The summed E-state index contributed by atoms with van der Waals surface area (Å²) in [6.07, 6.45) is 0.207. The summed E-state index contributed by atoms with van der Waals surface area (Å²) >= 11 is 0. The lowest BCUT2D eigenvalue weighted by Crippen LogP contribution is -2.28. The van der Waals surface area contributed by atoms with Gasteiger partial charge in [-0.15, -0.1) is 0 Å². The van der Waals surface area contributed by atoms with Crippen molar-refractivity contribution in [1.29, 1.82) is 0 Å². The number of methoxy groups -OCH3 is 1. The first-order chi connectivity index (χ1) is 14.1. The van der Waals surface area contributed by atoms with Crippen molar-refractivity contribution >= 4 is 23.2 Å². The van der Waals surface area contributed by atoms with Crippen LogP contribution in [0, 0.1) is 5.92 Å². The van der Waals surface area contributed by atoms with Crippen molar-refractivity contribution in [3.8, 4) is 5.75 Å². The monoisotopic (exact) mass is 408 g/mol. The summed E-state index contributed by atoms with van der Waals surface area (Å²) < 4.78 is 5.43. The zero-order chi connectivity index (χ0) is 22.1. The van der Waals surface area contributed by atoms with Crippen LogP contribution in [0.1, 0.15) is 58.1 Å². The molecule has 0 radical (unpaired) electrons. The highest BCUT2D eigenvalue weighted by atomic mass is 16.5. The van der Waals surface area contributed by atoms with Gasteiger partial charge in [0.15, 0.2) is 0 Å². The van der Waals surface area contributed by atoms with Crippen LogP contribution in [0.4, 0.5) is 11.4 Å². The molecule has 0 unspecified atom stereocenters. The van der Waals surface area contributed by atoms with Crippen molar-refractivity contribution in [1.82, 2.24) is 0 Å². The molecule has 160 valence electrons. The van der Waals surface area contributed by atoms with E-state index >= 15 is 0 Å². The number of amides is 2. The van der Waals surface area contributed by atoms with Crippen LogP contribution < -0.4 is 15.0 Å². The second-order valence-electron chi connectivity index (χ2n) is 9.31. The van der Waals surface area contributed by atoms with E-state index in [4.69, 9.17) is 4.74 Å². The van der Waals surface area contributed by atoms with Gasteiger partial charge in [0.2, 0.25) is 11.8 Å². The maximum Gasteiger partial charge on any atom is 0.229 e. The fourth-order valence-electron chi connectivity index (χ4n) is 3.68. The van der Waals surface area contributed by atoms with Crippen LogP contribution >= 0.6 is 0 Å². The van der Waals surface area contributed by atoms with E-state index in [1.807, 2.05) is 42.5 Å². The number of hydrogen-bond acceptors (Lipinski definition) is 3. The van der Waals surface area contributed by atoms with Gasteiger partial charge in [0, 0.05) is 18.7 Å². The van der Waals surface area contributed by atoms with Gasteiger partial charge < -0.3 is 15.0 Å². The van der Waals surface area contributed by atoms with Gasteiger partial charge in [-0.05, 0) is 46.7 Å². The van der Waals surface area contributed by atoms with Gasteiger partial charge in [0.05, 0.1) is 18.7 Å². The summed E-state index contributed by atoms with van der Waals surface area (Å²) in [6, 6.07) is 13.9. The molecule has 1 N–H and O–H groups in total. The van der Waals surface area contributed by atoms with Crippen LogP contribution in [-0.4, -0.2) is 25.5 Å². The highest BCUT2D eigenvalue weighted by Gasteiger charge is 2.35. The summed E-state index contributed by atoms with van der Waals surface area (Å²) in [5.41, 5.74) is 3.76. The highest BCUT2D eigenvalue weighted by molar-refractivity contribution is 6.04. The molecule has 1 fully saturated rings. The van der Waals surface area contributed by atoms with E-state index in [1.165, 1.54) is 5.56 Å². The van der Waals surface area contributed by atoms with E-state index < -0.39 is 5.92 Å². The molecule has 2 aromatic rings. The molecule has 0 bridgehead atoms. The van der Waals surface area contributed by atoms with Crippen molar-refractivity contribution in [2.75, 3.05) is 23.9 Å². The molecule has 3 rings (SSSR count). The predicted molar refractivity (Wildman–Crippen MR) is 121 cm³/mol. The molecule has 1 aliphatic rings. The van der Waals surface area contributed by atoms with Crippen molar-refractivity contribution in [2.24, 2.45) is 5.92 Å². The summed E-state index contributed by atoms with van der Waals surface area (Å²) in [5.74, 6) is 0.467. The lowest BCUT2D eigenvalue weighted by molar-refractivity contribution is -0.122. The zero-order valence-corrected chi connectivity index (χ0v) is 18.8. The van der Waals surface area contributed by atoms with Crippen molar-refractivity contribution in [3.63, 3.8) is 0 Å². The Balaban J connectivity index is 1.75. The Morgan fingerprint density at radius 2 is 1.80 bits per heavy atom. The van der Waals surface area contributed by atoms with Crippen LogP contribution in [0.2, 0.25) is 0 Å². The summed E-state index contributed by atoms with van der Waals surface area (Å²) in [7, 11) is 1.59. The van der Waals surface area contributed by atoms with Gasteiger partial charge in [-0.25, -0.2) is 0 Å². The molecule has 1 heterocycles. The van der Waals surface area contributed by atoms with Crippen molar-refractivity contribution in [3.05, 3.63) is 53.6 Å². The minimum atomic E-state index is -0.398. The van der Waals surface area contributed by atoms with Gasteiger partial charge in [0.1, 0.15) is 5.75 Å². The maximum absolute atomic E-state index is 13.0. The van der Waals surface area contributed by atoms with Crippen LogP contribution in [0.3, 0.4) is 0 Å². The Labute approximate surface area is 179 Å². The number of hydrogen-bond donors (Lipinski definition) is 1. The Hall–Kier alpha value is -2.82. The van der Waals surface area contributed by atoms with Gasteiger partial charge in [-0.3, -0.25) is 9.59 Å². The number of nitrogens with one attached hydrogen (secondary N) is 1. The predicted octanol–water partition coefficient (Wildman–Crippen LogP) is 5.11. The smallest absolute Gasteiger partial charge is 0.229 e. The first-order valence-electron chi connectivity index (χ1n) is 10.5. The largest absolute Gasteiger partial charge is 0.495 e. The number of anilines is 2. The Kier molecular flexibility index (Phi) is 6.20. The molecule has 5 nitrogen and oxygen atoms in total. The van der Waals surface area contributed by atoms with Gasteiger partial charge >= 0.3 is 0 Å². The lowest BCUT2D eigenvalue weighted by atomic mass is 9.86. The molecular weight excluding hydrogens is 376 g/mol. The standard InChI is InChI=1S/C25H32N2O3/c1-16(2)17-7-10-20(11-8-17)27-15-18(13-23(27)28)24(29)26-21-14-19(25(3,4)5)9-12-22(21)30-6/h7-12,14,16,18H,13,15H2,1-6H3,(H,26,29)/t18-/m1/s1. The quantitative estimate of drug-likeness (QED) is 0.748. The third-order valence-electron chi connectivity index (χ3n) is 5.69. The van der Waals surface area contributed by atoms with E-state index in [9.17, 15) is 9.59 Å². The molecule has 1 aliphatic heterocycles. The van der Waals surface area contributed by atoms with Gasteiger partial charge in [-0.1, -0.05) is 52.8 Å². The Morgan fingerprint density at radius 3 is 2.37 bits per heavy atom. The molecule has 2 aromatic carbocycles. The maximum atomic E-state index is 13.0. The number of rotatable bonds is 5. The van der Waals surface area contributed by atoms with Crippen LogP contribution in [0.5, 0.6) is 5.75 Å². The third kappa shape index (κ3) is 4.66. The highest BCUT2D eigenvalue weighted by Crippen LogP contribution is 2.33. The number of nitrogens with zero attached hydrogens (tertiary/aromatic N) is 1. The van der Waals surface area contributed by atoms with E-state index in [-0.39, 0.29) is 23.7 Å². The van der Waals surface area contributed by atoms with E-state index in [2.05, 4.69) is 39.9 Å². The lowest BCUT2D eigenvalue weighted by Gasteiger charge is -2.22. The number of ether oxygens (including phenoxy) is 1. The summed E-state index contributed by atoms with van der Waals surface area (Å²) in [4.78, 5) is 27.3. The Bertz CT molecular complexity index is 926. The van der Waals surface area contributed by atoms with E-state index in [1.54, 1.807) is 12.0 Å². The fraction of sp³-hybridized carbons (Fsp3) is 0.440. The first-order valence-corrected chi connectivity index (χ1v) is 10.5. The van der Waals surface area contributed by atoms with Gasteiger partial charge in [0.25, 0.3) is 0 Å². The average Bonchev–Trinajstić information content (AvgIpc) is 3.09. The normalized spacial score (nSPS) is 16.8. The molecule has 1 atom stereocenters. The fourth-order valence-corrected chi connectivity index (χ4v) is 3.68. The molecule has 0 aliphatic carbocycles. The molecule has 30 heavy (non-hydrogen) atoms. The van der Waals surface area contributed by atoms with Crippen molar-refractivity contribution in [2.45, 2.75) is 52.4 Å².